The van der Waals surface area contributed by atoms with Crippen molar-refractivity contribution in [3.8, 4) is 11.5 Å². The van der Waals surface area contributed by atoms with E-state index in [9.17, 15) is 9.59 Å². The van der Waals surface area contributed by atoms with Gasteiger partial charge < -0.3 is 9.47 Å². The number of thiophene rings is 1. The zero-order valence-corrected chi connectivity index (χ0v) is 18.7. The van der Waals surface area contributed by atoms with E-state index in [1.807, 2.05) is 0 Å². The maximum absolute atomic E-state index is 12.5. The number of nitrogens with zero attached hydrogens (tertiary/aromatic N) is 1. The highest BCUT2D eigenvalue weighted by Crippen LogP contribution is 2.39. The van der Waals surface area contributed by atoms with E-state index in [1.165, 1.54) is 35.1 Å². The van der Waals surface area contributed by atoms with Gasteiger partial charge in [-0.1, -0.05) is 36.1 Å². The van der Waals surface area contributed by atoms with Crippen LogP contribution in [0.15, 0.2) is 51.7 Å². The average Bonchev–Trinajstić information content (AvgIpc) is 3.29. The van der Waals surface area contributed by atoms with Gasteiger partial charge in [-0.2, -0.15) is 0 Å². The molecular formula is C19H14BrNO4S3. The monoisotopic (exact) mass is 495 g/mol. The number of benzene rings is 1. The van der Waals surface area contributed by atoms with Crippen LogP contribution < -0.4 is 9.47 Å². The Kier molecular flexibility index (Phi) is 6.71. The summed E-state index contributed by atoms with van der Waals surface area (Å²) in [6, 6.07) is 6.91. The number of esters is 1. The summed E-state index contributed by atoms with van der Waals surface area (Å²) in [5, 5.41) is 1.80. The molecule has 5 nitrogen and oxygen atoms in total. The number of hydrogen-bond acceptors (Lipinski definition) is 7. The van der Waals surface area contributed by atoms with Gasteiger partial charge in [-0.05, 0) is 51.1 Å². The Labute approximate surface area is 184 Å². The second-order valence-electron chi connectivity index (χ2n) is 5.48. The Morgan fingerprint density at radius 3 is 2.86 bits per heavy atom. The molecule has 0 aliphatic carbocycles. The first-order valence-electron chi connectivity index (χ1n) is 7.94. The summed E-state index contributed by atoms with van der Waals surface area (Å²) in [6.07, 6.45) is 3.35. The molecule has 0 bridgehead atoms. The van der Waals surface area contributed by atoms with Crippen LogP contribution in [0.2, 0.25) is 0 Å². The molecule has 1 fully saturated rings. The molecule has 1 aliphatic rings. The molecule has 2 aromatic rings. The predicted octanol–water partition coefficient (Wildman–Crippen LogP) is 5.13. The van der Waals surface area contributed by atoms with Crippen molar-refractivity contribution in [2.24, 2.45) is 0 Å². The van der Waals surface area contributed by atoms with E-state index in [-0.39, 0.29) is 11.7 Å². The van der Waals surface area contributed by atoms with E-state index >= 15 is 0 Å². The number of amides is 1. The Hall–Kier alpha value is -1.94. The highest BCUT2D eigenvalue weighted by atomic mass is 79.9. The fourth-order valence-corrected chi connectivity index (χ4v) is 4.81. The summed E-state index contributed by atoms with van der Waals surface area (Å²) in [7, 11) is 1.48. The lowest BCUT2D eigenvalue weighted by Gasteiger charge is -2.12. The Morgan fingerprint density at radius 1 is 1.43 bits per heavy atom. The van der Waals surface area contributed by atoms with Gasteiger partial charge >= 0.3 is 5.97 Å². The number of hydrogen-bond donors (Lipinski definition) is 0. The average molecular weight is 496 g/mol. The molecule has 3 rings (SSSR count). The maximum Gasteiger partial charge on any atom is 0.353 e. The number of ether oxygens (including phenoxy) is 2. The van der Waals surface area contributed by atoms with Gasteiger partial charge in [0.05, 0.1) is 16.5 Å². The van der Waals surface area contributed by atoms with E-state index in [1.54, 1.807) is 41.8 Å². The summed E-state index contributed by atoms with van der Waals surface area (Å²) in [6.45, 7) is 4.01. The molecule has 1 aliphatic heterocycles. The molecule has 1 saturated heterocycles. The van der Waals surface area contributed by atoms with Crippen molar-refractivity contribution in [1.82, 2.24) is 4.90 Å². The number of carbonyl (C=O) groups excluding carboxylic acids is 2. The SMILES string of the molecule is C=CCN1C(=O)/C(=C/c2cc(Br)c(OC(=O)c3cccs3)c(OC)c2)SC1=S. The number of thiocarbonyl (C=S) groups is 1. The minimum absolute atomic E-state index is 0.168. The zero-order valence-electron chi connectivity index (χ0n) is 14.6. The molecule has 0 unspecified atom stereocenters. The van der Waals surface area contributed by atoms with Crippen LogP contribution in [0.3, 0.4) is 0 Å². The topological polar surface area (TPSA) is 55.8 Å². The van der Waals surface area contributed by atoms with Crippen molar-refractivity contribution in [2.75, 3.05) is 13.7 Å². The largest absolute Gasteiger partial charge is 0.493 e. The van der Waals surface area contributed by atoms with Crippen LogP contribution in [-0.4, -0.2) is 34.8 Å². The van der Waals surface area contributed by atoms with E-state index in [2.05, 4.69) is 22.5 Å². The molecule has 144 valence electrons. The second kappa shape index (κ2) is 9.04. The molecule has 0 atom stereocenters. The number of thioether (sulfide) groups is 1. The third kappa shape index (κ3) is 4.38. The summed E-state index contributed by atoms with van der Waals surface area (Å²) in [5.41, 5.74) is 0.707. The molecule has 1 aromatic heterocycles. The van der Waals surface area contributed by atoms with Gasteiger partial charge in [0, 0.05) is 6.54 Å². The lowest BCUT2D eigenvalue weighted by molar-refractivity contribution is -0.121. The first-order chi connectivity index (χ1) is 13.4. The Bertz CT molecular complexity index is 985. The second-order valence-corrected chi connectivity index (χ2v) is 8.96. The van der Waals surface area contributed by atoms with Crippen LogP contribution in [-0.2, 0) is 4.79 Å². The van der Waals surface area contributed by atoms with E-state index in [4.69, 9.17) is 21.7 Å². The van der Waals surface area contributed by atoms with Crippen LogP contribution >= 0.6 is 51.2 Å². The van der Waals surface area contributed by atoms with Gasteiger partial charge in [0.25, 0.3) is 5.91 Å². The minimum atomic E-state index is -0.466. The molecule has 1 amide bonds. The van der Waals surface area contributed by atoms with Crippen LogP contribution in [0, 0.1) is 0 Å². The van der Waals surface area contributed by atoms with Crippen molar-refractivity contribution in [3.05, 3.63) is 62.1 Å². The van der Waals surface area contributed by atoms with Gasteiger partial charge in [-0.3, -0.25) is 9.69 Å². The molecule has 0 N–H and O–H groups in total. The first-order valence-corrected chi connectivity index (χ1v) is 10.8. The fourth-order valence-electron chi connectivity index (χ4n) is 2.40. The standard InChI is InChI=1S/C19H14BrNO4S3/c1-3-6-21-17(22)15(28-19(21)26)10-11-8-12(20)16(13(9-11)24-2)25-18(23)14-5-4-7-27-14/h3-5,7-10H,1,6H2,2H3/b15-10-. The number of carbonyl (C=O) groups is 2. The highest BCUT2D eigenvalue weighted by molar-refractivity contribution is 9.10. The van der Waals surface area contributed by atoms with Crippen molar-refractivity contribution in [3.63, 3.8) is 0 Å². The molecule has 0 saturated carbocycles. The van der Waals surface area contributed by atoms with Gasteiger partial charge in [0.1, 0.15) is 9.20 Å². The zero-order chi connectivity index (χ0) is 20.3. The summed E-state index contributed by atoms with van der Waals surface area (Å²) in [4.78, 5) is 27.2. The highest BCUT2D eigenvalue weighted by Gasteiger charge is 2.31. The first kappa shape index (κ1) is 20.8. The summed E-state index contributed by atoms with van der Waals surface area (Å²) >= 11 is 11.2. The number of rotatable bonds is 6. The number of halogens is 1. The van der Waals surface area contributed by atoms with Gasteiger partial charge in [0.15, 0.2) is 11.5 Å². The van der Waals surface area contributed by atoms with E-state index in [0.717, 1.165) is 0 Å². The fraction of sp³-hybridized carbons (Fsp3) is 0.105. The van der Waals surface area contributed by atoms with E-state index in [0.29, 0.717) is 36.4 Å². The van der Waals surface area contributed by atoms with E-state index < -0.39 is 5.97 Å². The number of methoxy groups -OCH3 is 1. The molecule has 0 spiro atoms. The van der Waals surface area contributed by atoms with Crippen LogP contribution in [0.5, 0.6) is 11.5 Å². The maximum atomic E-state index is 12.5. The van der Waals surface area contributed by atoms with Crippen molar-refractivity contribution >= 4 is 73.5 Å². The van der Waals surface area contributed by atoms with Gasteiger partial charge in [0.2, 0.25) is 0 Å². The van der Waals surface area contributed by atoms with Crippen LogP contribution in [0.1, 0.15) is 15.2 Å². The predicted molar refractivity (Wildman–Crippen MR) is 120 cm³/mol. The molecular weight excluding hydrogens is 482 g/mol. The molecule has 9 heteroatoms. The Morgan fingerprint density at radius 2 is 2.21 bits per heavy atom. The van der Waals surface area contributed by atoms with Crippen LogP contribution in [0.25, 0.3) is 6.08 Å². The smallest absolute Gasteiger partial charge is 0.353 e. The van der Waals surface area contributed by atoms with Gasteiger partial charge in [-0.25, -0.2) is 4.79 Å². The molecule has 0 radical (unpaired) electrons. The third-order valence-electron chi connectivity index (χ3n) is 3.65. The quantitative estimate of drug-likeness (QED) is 0.182. The third-order valence-corrected chi connectivity index (χ3v) is 6.47. The minimum Gasteiger partial charge on any atom is -0.493 e. The lowest BCUT2D eigenvalue weighted by Crippen LogP contribution is -2.27. The normalized spacial score (nSPS) is 15.2. The van der Waals surface area contributed by atoms with Crippen LogP contribution in [0.4, 0.5) is 0 Å². The van der Waals surface area contributed by atoms with Crippen molar-refractivity contribution in [2.45, 2.75) is 0 Å². The molecule has 2 heterocycles. The van der Waals surface area contributed by atoms with Crippen molar-refractivity contribution in [1.29, 1.82) is 0 Å². The Balaban J connectivity index is 1.89. The van der Waals surface area contributed by atoms with Gasteiger partial charge in [-0.15, -0.1) is 17.9 Å². The summed E-state index contributed by atoms with van der Waals surface area (Å²) < 4.78 is 11.9. The van der Waals surface area contributed by atoms with Crippen molar-refractivity contribution < 1.29 is 19.1 Å². The lowest BCUT2D eigenvalue weighted by atomic mass is 10.2. The molecule has 28 heavy (non-hydrogen) atoms. The molecule has 1 aromatic carbocycles. The summed E-state index contributed by atoms with van der Waals surface area (Å²) in [5.74, 6) is 0.00888.